The predicted octanol–water partition coefficient (Wildman–Crippen LogP) is 1.53. The molecule has 8 heteroatoms. The fourth-order valence-corrected chi connectivity index (χ4v) is 1.50. The van der Waals surface area contributed by atoms with Crippen LogP contribution in [0.2, 0.25) is 5.02 Å². The Hall–Kier alpha value is -1.89. The topological polar surface area (TPSA) is 88.4 Å². The molecule has 1 rings (SSSR count). The fraction of sp³-hybridized carbons (Fsp3) is 0.400. The van der Waals surface area contributed by atoms with E-state index in [9.17, 15) is 14.9 Å². The molecular weight excluding hydrogens is 260 g/mol. The Balaban J connectivity index is 2.86. The Labute approximate surface area is 109 Å². The summed E-state index contributed by atoms with van der Waals surface area (Å²) in [6, 6.07) is 0.662. The van der Waals surface area contributed by atoms with Gasteiger partial charge in [0.05, 0.1) is 9.95 Å². The summed E-state index contributed by atoms with van der Waals surface area (Å²) < 4.78 is 0. The minimum atomic E-state index is -0.586. The molecule has 0 saturated carbocycles. The molecule has 1 N–H and O–H groups in total. The summed E-state index contributed by atoms with van der Waals surface area (Å²) in [5.41, 5.74) is -0.197. The van der Waals surface area contributed by atoms with Gasteiger partial charge in [0.15, 0.2) is 0 Å². The first-order valence-corrected chi connectivity index (χ1v) is 5.48. The number of hydrogen-bond donors (Lipinski definition) is 1. The van der Waals surface area contributed by atoms with Crippen LogP contribution in [0, 0.1) is 10.1 Å². The van der Waals surface area contributed by atoms with Crippen LogP contribution in [0.5, 0.6) is 0 Å². The number of nitrogens with zero attached hydrogens (tertiary/aromatic N) is 3. The molecule has 98 valence electrons. The number of aromatic nitrogens is 1. The number of carbonyl (C=O) groups is 1. The SMILES string of the molecule is C[C@H](Nc1ncc([N+](=O)[O-])cc1Cl)C(=O)N(C)C. The van der Waals surface area contributed by atoms with E-state index in [1.165, 1.54) is 11.0 Å². The van der Waals surface area contributed by atoms with Crippen LogP contribution in [-0.2, 0) is 4.79 Å². The third kappa shape index (κ3) is 3.30. The standard InChI is InChI=1S/C10H13ClN4O3/c1-6(10(16)14(2)3)13-9-8(11)4-7(5-12-9)15(17)18/h4-6H,1-3H3,(H,12,13)/t6-/m0/s1. The van der Waals surface area contributed by atoms with Gasteiger partial charge < -0.3 is 10.2 Å². The molecule has 0 bridgehead atoms. The monoisotopic (exact) mass is 272 g/mol. The van der Waals surface area contributed by atoms with Gasteiger partial charge in [0.1, 0.15) is 18.1 Å². The zero-order valence-electron chi connectivity index (χ0n) is 10.2. The molecule has 0 saturated heterocycles. The lowest BCUT2D eigenvalue weighted by atomic mass is 10.3. The summed E-state index contributed by atoms with van der Waals surface area (Å²) in [5, 5.41) is 13.4. The van der Waals surface area contributed by atoms with Crippen molar-refractivity contribution in [2.24, 2.45) is 0 Å². The second-order valence-corrected chi connectivity index (χ2v) is 4.29. The van der Waals surface area contributed by atoms with E-state index in [4.69, 9.17) is 11.6 Å². The van der Waals surface area contributed by atoms with Gasteiger partial charge in [-0.05, 0) is 6.92 Å². The van der Waals surface area contributed by atoms with Crippen molar-refractivity contribution in [3.63, 3.8) is 0 Å². The average Bonchev–Trinajstić information content (AvgIpc) is 2.30. The van der Waals surface area contributed by atoms with Crippen LogP contribution in [0.4, 0.5) is 11.5 Å². The quantitative estimate of drug-likeness (QED) is 0.663. The van der Waals surface area contributed by atoms with E-state index in [0.717, 1.165) is 6.20 Å². The van der Waals surface area contributed by atoms with Crippen LogP contribution >= 0.6 is 11.6 Å². The molecule has 1 amide bonds. The number of carbonyl (C=O) groups excluding carboxylic acids is 1. The van der Waals surface area contributed by atoms with Gasteiger partial charge in [0, 0.05) is 20.2 Å². The van der Waals surface area contributed by atoms with Crippen LogP contribution in [0.25, 0.3) is 0 Å². The molecule has 0 aliphatic rings. The Bertz CT molecular complexity index is 478. The molecule has 18 heavy (non-hydrogen) atoms. The Morgan fingerprint density at radius 3 is 2.67 bits per heavy atom. The lowest BCUT2D eigenvalue weighted by Gasteiger charge is -2.18. The Morgan fingerprint density at radius 2 is 2.22 bits per heavy atom. The minimum Gasteiger partial charge on any atom is -0.357 e. The Kier molecular flexibility index (Phi) is 4.43. The molecule has 1 atom stereocenters. The second-order valence-electron chi connectivity index (χ2n) is 3.88. The van der Waals surface area contributed by atoms with E-state index in [0.29, 0.717) is 0 Å². The molecule has 1 aromatic heterocycles. The van der Waals surface area contributed by atoms with Crippen molar-refractivity contribution < 1.29 is 9.72 Å². The summed E-state index contributed by atoms with van der Waals surface area (Å²) in [4.78, 5) is 26.8. The molecule has 1 heterocycles. The highest BCUT2D eigenvalue weighted by atomic mass is 35.5. The first-order valence-electron chi connectivity index (χ1n) is 5.10. The third-order valence-electron chi connectivity index (χ3n) is 2.20. The summed E-state index contributed by atoms with van der Waals surface area (Å²) in [6.07, 6.45) is 1.08. The van der Waals surface area contributed by atoms with Gasteiger partial charge in [0.25, 0.3) is 5.69 Å². The van der Waals surface area contributed by atoms with Gasteiger partial charge in [-0.15, -0.1) is 0 Å². The molecule has 0 fully saturated rings. The van der Waals surface area contributed by atoms with Crippen molar-refractivity contribution in [3.05, 3.63) is 27.4 Å². The largest absolute Gasteiger partial charge is 0.357 e. The maximum Gasteiger partial charge on any atom is 0.289 e. The summed E-state index contributed by atoms with van der Waals surface area (Å²) in [6.45, 7) is 1.65. The lowest BCUT2D eigenvalue weighted by molar-refractivity contribution is -0.385. The smallest absolute Gasteiger partial charge is 0.289 e. The highest BCUT2D eigenvalue weighted by molar-refractivity contribution is 6.33. The van der Waals surface area contributed by atoms with Crippen LogP contribution in [0.3, 0.4) is 0 Å². The van der Waals surface area contributed by atoms with E-state index in [2.05, 4.69) is 10.3 Å². The normalized spacial score (nSPS) is 11.8. The number of nitro groups is 1. The molecule has 0 spiro atoms. The molecular formula is C10H13ClN4O3. The van der Waals surface area contributed by atoms with E-state index >= 15 is 0 Å². The number of hydrogen-bond acceptors (Lipinski definition) is 5. The number of halogens is 1. The first kappa shape index (κ1) is 14.2. The number of anilines is 1. The van der Waals surface area contributed by atoms with E-state index in [-0.39, 0.29) is 22.4 Å². The van der Waals surface area contributed by atoms with Crippen LogP contribution < -0.4 is 5.32 Å². The fourth-order valence-electron chi connectivity index (χ4n) is 1.29. The van der Waals surface area contributed by atoms with Gasteiger partial charge in [0.2, 0.25) is 5.91 Å². The molecule has 7 nitrogen and oxygen atoms in total. The van der Waals surface area contributed by atoms with Crippen molar-refractivity contribution in [1.82, 2.24) is 9.88 Å². The molecule has 0 unspecified atom stereocenters. The zero-order chi connectivity index (χ0) is 13.9. The highest BCUT2D eigenvalue weighted by Gasteiger charge is 2.17. The second kappa shape index (κ2) is 5.63. The van der Waals surface area contributed by atoms with Crippen molar-refractivity contribution >= 4 is 29.0 Å². The maximum atomic E-state index is 11.6. The maximum absolute atomic E-state index is 11.6. The number of pyridine rings is 1. The number of nitrogens with one attached hydrogen (secondary N) is 1. The summed E-state index contributed by atoms with van der Waals surface area (Å²) in [7, 11) is 3.26. The molecule has 0 aliphatic carbocycles. The molecule has 1 aromatic rings. The first-order chi connectivity index (χ1) is 8.32. The van der Waals surface area contributed by atoms with Crippen LogP contribution in [0.1, 0.15) is 6.92 Å². The Morgan fingerprint density at radius 1 is 1.61 bits per heavy atom. The predicted molar refractivity (Wildman–Crippen MR) is 67.7 cm³/mol. The molecule has 0 aromatic carbocycles. The third-order valence-corrected chi connectivity index (χ3v) is 2.49. The summed E-state index contributed by atoms with van der Waals surface area (Å²) in [5.74, 6) is 0.0937. The lowest BCUT2D eigenvalue weighted by Crippen LogP contribution is -2.36. The summed E-state index contributed by atoms with van der Waals surface area (Å²) >= 11 is 5.85. The van der Waals surface area contributed by atoms with E-state index < -0.39 is 11.0 Å². The average molecular weight is 273 g/mol. The van der Waals surface area contributed by atoms with Crippen LogP contribution in [-0.4, -0.2) is 40.9 Å². The van der Waals surface area contributed by atoms with Gasteiger partial charge in [-0.25, -0.2) is 4.98 Å². The van der Waals surface area contributed by atoms with Gasteiger partial charge in [-0.1, -0.05) is 11.6 Å². The van der Waals surface area contributed by atoms with E-state index in [1.54, 1.807) is 21.0 Å². The van der Waals surface area contributed by atoms with Gasteiger partial charge in [-0.3, -0.25) is 14.9 Å². The molecule has 0 aliphatic heterocycles. The zero-order valence-corrected chi connectivity index (χ0v) is 10.9. The number of rotatable bonds is 4. The van der Waals surface area contributed by atoms with Crippen LogP contribution in [0.15, 0.2) is 12.3 Å². The van der Waals surface area contributed by atoms with Crippen molar-refractivity contribution in [3.8, 4) is 0 Å². The van der Waals surface area contributed by atoms with Gasteiger partial charge in [-0.2, -0.15) is 0 Å². The highest BCUT2D eigenvalue weighted by Crippen LogP contribution is 2.24. The number of amides is 1. The minimum absolute atomic E-state index is 0.0996. The van der Waals surface area contributed by atoms with E-state index in [1.807, 2.05) is 0 Å². The van der Waals surface area contributed by atoms with Crippen molar-refractivity contribution in [2.75, 3.05) is 19.4 Å². The van der Waals surface area contributed by atoms with Crippen molar-refractivity contribution in [2.45, 2.75) is 13.0 Å². The number of likely N-dealkylation sites (N-methyl/N-ethyl adjacent to an activating group) is 1. The van der Waals surface area contributed by atoms with Crippen molar-refractivity contribution in [1.29, 1.82) is 0 Å². The molecule has 0 radical (unpaired) electrons. The van der Waals surface area contributed by atoms with Gasteiger partial charge >= 0.3 is 0 Å².